The van der Waals surface area contributed by atoms with Gasteiger partial charge in [0.25, 0.3) is 0 Å². The standard InChI is InChI=1S/C19H23N3/c1-13-4-7-16(8-5-13)19-11-17(12-20)21-22(19)18-9-6-14(2)10-15(18)3/h4-10,19H,11-12,20H2,1-3H3. The number of rotatable bonds is 3. The molecule has 2 aromatic rings. The second-order valence-corrected chi connectivity index (χ2v) is 6.14. The fraction of sp³-hybridized carbons (Fsp3) is 0.316. The van der Waals surface area contributed by atoms with E-state index < -0.39 is 0 Å². The van der Waals surface area contributed by atoms with Gasteiger partial charge in [-0.05, 0) is 38.0 Å². The van der Waals surface area contributed by atoms with Gasteiger partial charge in [-0.3, -0.25) is 5.01 Å². The Morgan fingerprint density at radius 1 is 1.05 bits per heavy atom. The molecule has 1 atom stereocenters. The number of hydrogen-bond donors (Lipinski definition) is 1. The van der Waals surface area contributed by atoms with Crippen molar-refractivity contribution in [2.45, 2.75) is 33.2 Å². The van der Waals surface area contributed by atoms with E-state index in [0.717, 1.165) is 12.1 Å². The lowest BCUT2D eigenvalue weighted by atomic mass is 9.99. The summed E-state index contributed by atoms with van der Waals surface area (Å²) < 4.78 is 0. The molecule has 1 heterocycles. The first kappa shape index (κ1) is 14.8. The monoisotopic (exact) mass is 293 g/mol. The lowest BCUT2D eigenvalue weighted by Gasteiger charge is -2.26. The van der Waals surface area contributed by atoms with Crippen LogP contribution in [0.2, 0.25) is 0 Å². The van der Waals surface area contributed by atoms with Gasteiger partial charge >= 0.3 is 0 Å². The highest BCUT2D eigenvalue weighted by atomic mass is 15.5. The van der Waals surface area contributed by atoms with Crippen LogP contribution in [0.5, 0.6) is 0 Å². The molecule has 0 radical (unpaired) electrons. The molecule has 1 unspecified atom stereocenters. The van der Waals surface area contributed by atoms with Gasteiger partial charge in [0.1, 0.15) is 0 Å². The van der Waals surface area contributed by atoms with E-state index in [1.165, 1.54) is 27.9 Å². The summed E-state index contributed by atoms with van der Waals surface area (Å²) in [5.41, 5.74) is 13.2. The molecule has 0 aromatic heterocycles. The van der Waals surface area contributed by atoms with Crippen LogP contribution in [-0.2, 0) is 0 Å². The summed E-state index contributed by atoms with van der Waals surface area (Å²) in [6.07, 6.45) is 0.896. The first-order valence-corrected chi connectivity index (χ1v) is 7.78. The predicted octanol–water partition coefficient (Wildman–Crippen LogP) is 3.88. The summed E-state index contributed by atoms with van der Waals surface area (Å²) in [6, 6.07) is 15.5. The van der Waals surface area contributed by atoms with Gasteiger partial charge in [0.2, 0.25) is 0 Å². The molecule has 3 rings (SSSR count). The maximum absolute atomic E-state index is 5.84. The van der Waals surface area contributed by atoms with Crippen molar-refractivity contribution in [3.63, 3.8) is 0 Å². The molecule has 22 heavy (non-hydrogen) atoms. The Morgan fingerprint density at radius 3 is 2.36 bits per heavy atom. The summed E-state index contributed by atoms with van der Waals surface area (Å²) in [4.78, 5) is 0. The molecule has 1 aliphatic rings. The molecule has 0 spiro atoms. The van der Waals surface area contributed by atoms with Gasteiger partial charge in [-0.1, -0.05) is 47.5 Å². The van der Waals surface area contributed by atoms with Crippen molar-refractivity contribution in [3.8, 4) is 0 Å². The zero-order chi connectivity index (χ0) is 15.7. The lowest BCUT2D eigenvalue weighted by Crippen LogP contribution is -2.19. The van der Waals surface area contributed by atoms with Crippen LogP contribution in [0.1, 0.15) is 34.7 Å². The smallest absolute Gasteiger partial charge is 0.0828 e. The van der Waals surface area contributed by atoms with E-state index >= 15 is 0 Å². The number of hydrogen-bond acceptors (Lipinski definition) is 3. The molecule has 1 aliphatic heterocycles. The second kappa shape index (κ2) is 5.93. The zero-order valence-electron chi connectivity index (χ0n) is 13.5. The van der Waals surface area contributed by atoms with Crippen molar-refractivity contribution < 1.29 is 0 Å². The summed E-state index contributed by atoms with van der Waals surface area (Å²) in [5.74, 6) is 0. The molecule has 0 bridgehead atoms. The van der Waals surface area contributed by atoms with E-state index in [1.807, 2.05) is 0 Å². The van der Waals surface area contributed by atoms with E-state index in [0.29, 0.717) is 6.54 Å². The van der Waals surface area contributed by atoms with E-state index in [9.17, 15) is 0 Å². The summed E-state index contributed by atoms with van der Waals surface area (Å²) >= 11 is 0. The zero-order valence-corrected chi connectivity index (χ0v) is 13.5. The Balaban J connectivity index is 2.01. The molecular formula is C19H23N3. The quantitative estimate of drug-likeness (QED) is 0.933. The van der Waals surface area contributed by atoms with E-state index in [-0.39, 0.29) is 6.04 Å². The Morgan fingerprint density at radius 2 is 1.73 bits per heavy atom. The number of hydrazone groups is 1. The molecule has 0 aliphatic carbocycles. The Hall–Kier alpha value is -2.13. The van der Waals surface area contributed by atoms with Crippen LogP contribution in [0.3, 0.4) is 0 Å². The summed E-state index contributed by atoms with van der Waals surface area (Å²) in [5, 5.41) is 6.91. The van der Waals surface area contributed by atoms with E-state index in [1.54, 1.807) is 0 Å². The highest BCUT2D eigenvalue weighted by Gasteiger charge is 2.29. The van der Waals surface area contributed by atoms with Crippen molar-refractivity contribution in [1.82, 2.24) is 0 Å². The van der Waals surface area contributed by atoms with Crippen LogP contribution in [0.4, 0.5) is 5.69 Å². The van der Waals surface area contributed by atoms with Crippen LogP contribution >= 0.6 is 0 Å². The molecule has 3 heteroatoms. The average molecular weight is 293 g/mol. The first-order chi connectivity index (χ1) is 10.6. The summed E-state index contributed by atoms with van der Waals surface area (Å²) in [6.45, 7) is 6.89. The molecule has 0 saturated heterocycles. The Labute approximate surface area is 132 Å². The molecule has 0 fully saturated rings. The second-order valence-electron chi connectivity index (χ2n) is 6.14. The highest BCUT2D eigenvalue weighted by Crippen LogP contribution is 2.36. The van der Waals surface area contributed by atoms with E-state index in [4.69, 9.17) is 10.8 Å². The first-order valence-electron chi connectivity index (χ1n) is 7.78. The largest absolute Gasteiger partial charge is 0.325 e. The molecule has 2 aromatic carbocycles. The minimum absolute atomic E-state index is 0.237. The normalized spacial score (nSPS) is 17.7. The molecule has 3 nitrogen and oxygen atoms in total. The molecule has 114 valence electrons. The maximum Gasteiger partial charge on any atom is 0.0828 e. The number of anilines is 1. The fourth-order valence-corrected chi connectivity index (χ4v) is 3.03. The summed E-state index contributed by atoms with van der Waals surface area (Å²) in [7, 11) is 0. The third-order valence-electron chi connectivity index (χ3n) is 4.27. The minimum atomic E-state index is 0.237. The predicted molar refractivity (Wildman–Crippen MR) is 93.4 cm³/mol. The van der Waals surface area contributed by atoms with Crippen LogP contribution in [0, 0.1) is 20.8 Å². The van der Waals surface area contributed by atoms with Gasteiger partial charge in [0, 0.05) is 13.0 Å². The van der Waals surface area contributed by atoms with E-state index in [2.05, 4.69) is 68.2 Å². The molecule has 0 amide bonds. The van der Waals surface area contributed by atoms with Crippen molar-refractivity contribution in [1.29, 1.82) is 0 Å². The van der Waals surface area contributed by atoms with Crippen molar-refractivity contribution in [2.24, 2.45) is 10.8 Å². The number of nitrogens with two attached hydrogens (primary N) is 1. The Kier molecular flexibility index (Phi) is 3.99. The number of benzene rings is 2. The molecule has 2 N–H and O–H groups in total. The van der Waals surface area contributed by atoms with Gasteiger partial charge in [0.05, 0.1) is 17.4 Å². The number of aryl methyl sites for hydroxylation is 3. The van der Waals surface area contributed by atoms with Gasteiger partial charge in [-0.25, -0.2) is 0 Å². The van der Waals surface area contributed by atoms with Gasteiger partial charge in [-0.2, -0.15) is 5.10 Å². The van der Waals surface area contributed by atoms with Crippen LogP contribution in [-0.4, -0.2) is 12.3 Å². The molecule has 0 saturated carbocycles. The Bertz CT molecular complexity index is 701. The topological polar surface area (TPSA) is 41.6 Å². The van der Waals surface area contributed by atoms with Gasteiger partial charge < -0.3 is 5.73 Å². The number of nitrogens with zero attached hydrogens (tertiary/aromatic N) is 2. The van der Waals surface area contributed by atoms with Crippen molar-refractivity contribution in [2.75, 3.05) is 11.6 Å². The average Bonchev–Trinajstić information content (AvgIpc) is 2.92. The van der Waals surface area contributed by atoms with Gasteiger partial charge in [-0.15, -0.1) is 0 Å². The third-order valence-corrected chi connectivity index (χ3v) is 4.27. The lowest BCUT2D eigenvalue weighted by molar-refractivity contribution is 0.706. The van der Waals surface area contributed by atoms with Crippen LogP contribution in [0.25, 0.3) is 0 Å². The SMILES string of the molecule is Cc1ccc(C2CC(CN)=NN2c2ccc(C)cc2C)cc1. The third kappa shape index (κ3) is 2.77. The van der Waals surface area contributed by atoms with Crippen molar-refractivity contribution >= 4 is 11.4 Å². The minimum Gasteiger partial charge on any atom is -0.325 e. The maximum atomic E-state index is 5.84. The van der Waals surface area contributed by atoms with Gasteiger partial charge in [0.15, 0.2) is 0 Å². The van der Waals surface area contributed by atoms with Crippen LogP contribution in [0.15, 0.2) is 47.6 Å². The molecular weight excluding hydrogens is 270 g/mol. The fourth-order valence-electron chi connectivity index (χ4n) is 3.03. The van der Waals surface area contributed by atoms with Crippen LogP contribution < -0.4 is 10.7 Å². The highest BCUT2D eigenvalue weighted by molar-refractivity contribution is 5.90. The van der Waals surface area contributed by atoms with Crippen molar-refractivity contribution in [3.05, 3.63) is 64.7 Å².